The molecule has 4 aliphatic carbocycles. The summed E-state index contributed by atoms with van der Waals surface area (Å²) in [5.74, 6) is 1.37. The Hall–Kier alpha value is -1.26. The van der Waals surface area contributed by atoms with Crippen LogP contribution in [0.3, 0.4) is 0 Å². The van der Waals surface area contributed by atoms with E-state index in [1.54, 1.807) is 4.90 Å². The number of carbonyl (C=O) groups excluding carboxylic acids is 2. The maximum absolute atomic E-state index is 12.7. The monoisotopic (exact) mass is 280 g/mol. The van der Waals surface area contributed by atoms with Gasteiger partial charge in [-0.2, -0.15) is 0 Å². The van der Waals surface area contributed by atoms with Crippen LogP contribution in [-0.2, 0) is 9.53 Å². The predicted molar refractivity (Wildman–Crippen MR) is 74.1 cm³/mol. The van der Waals surface area contributed by atoms with Gasteiger partial charge >= 0.3 is 6.09 Å². The summed E-state index contributed by atoms with van der Waals surface area (Å²) in [5, 5.41) is 3.06. The van der Waals surface area contributed by atoms with E-state index in [9.17, 15) is 9.59 Å². The molecular weight excluding hydrogens is 256 g/mol. The van der Waals surface area contributed by atoms with E-state index >= 15 is 0 Å². The van der Waals surface area contributed by atoms with Crippen molar-refractivity contribution in [3.05, 3.63) is 0 Å². The maximum Gasteiger partial charge on any atom is 0.407 e. The van der Waals surface area contributed by atoms with Gasteiger partial charge in [0.15, 0.2) is 0 Å². The Morgan fingerprint density at radius 3 is 2.25 bits per heavy atom. The fourth-order valence-electron chi connectivity index (χ4n) is 5.40. The van der Waals surface area contributed by atoms with Gasteiger partial charge in [-0.3, -0.25) is 4.79 Å². The minimum atomic E-state index is -0.362. The van der Waals surface area contributed by atoms with Crippen LogP contribution in [0, 0.1) is 17.3 Å². The Labute approximate surface area is 120 Å². The summed E-state index contributed by atoms with van der Waals surface area (Å²) in [6.45, 7) is 0. The summed E-state index contributed by atoms with van der Waals surface area (Å²) in [4.78, 5) is 26.1. The van der Waals surface area contributed by atoms with Gasteiger partial charge in [0.1, 0.15) is 0 Å². The molecule has 2 amide bonds. The van der Waals surface area contributed by atoms with E-state index in [4.69, 9.17) is 4.74 Å². The second-order valence-corrected chi connectivity index (χ2v) is 7.34. The van der Waals surface area contributed by atoms with Crippen LogP contribution in [0.25, 0.3) is 0 Å². The van der Waals surface area contributed by atoms with Gasteiger partial charge in [-0.1, -0.05) is 0 Å². The summed E-state index contributed by atoms with van der Waals surface area (Å²) in [5.41, 5.74) is -0.475. The number of ether oxygens (including phenoxy) is 1. The second-order valence-electron chi connectivity index (χ2n) is 7.34. The highest BCUT2D eigenvalue weighted by Crippen LogP contribution is 2.62. The summed E-state index contributed by atoms with van der Waals surface area (Å²) < 4.78 is 4.78. The Morgan fingerprint density at radius 1 is 1.15 bits per heavy atom. The van der Waals surface area contributed by atoms with E-state index < -0.39 is 0 Å². The molecular formula is C15H24N2O3. The molecule has 4 fully saturated rings. The molecule has 112 valence electrons. The molecule has 2 atom stereocenters. The van der Waals surface area contributed by atoms with Crippen LogP contribution >= 0.6 is 0 Å². The molecule has 4 rings (SSSR count). The lowest BCUT2D eigenvalue weighted by Crippen LogP contribution is -2.65. The van der Waals surface area contributed by atoms with Crippen molar-refractivity contribution in [3.8, 4) is 0 Å². The van der Waals surface area contributed by atoms with E-state index in [1.807, 2.05) is 14.1 Å². The molecule has 0 radical (unpaired) electrons. The van der Waals surface area contributed by atoms with Gasteiger partial charge in [0.05, 0.1) is 12.5 Å². The van der Waals surface area contributed by atoms with E-state index in [-0.39, 0.29) is 23.0 Å². The number of hydrogen-bond acceptors (Lipinski definition) is 3. The van der Waals surface area contributed by atoms with Crippen LogP contribution in [0.1, 0.15) is 38.5 Å². The Morgan fingerprint density at radius 2 is 1.75 bits per heavy atom. The van der Waals surface area contributed by atoms with E-state index in [0.717, 1.165) is 32.1 Å². The molecule has 0 spiro atoms. The largest absolute Gasteiger partial charge is 0.453 e. The number of methoxy groups -OCH3 is 1. The first-order chi connectivity index (χ1) is 9.38. The number of amides is 2. The van der Waals surface area contributed by atoms with E-state index in [0.29, 0.717) is 11.8 Å². The Kier molecular flexibility index (Phi) is 2.99. The zero-order chi connectivity index (χ0) is 14.5. The predicted octanol–water partition coefficient (Wildman–Crippen LogP) is 1.77. The molecule has 1 N–H and O–H groups in total. The van der Waals surface area contributed by atoms with Crippen molar-refractivity contribution in [1.29, 1.82) is 0 Å². The minimum absolute atomic E-state index is 0.219. The zero-order valence-electron chi connectivity index (χ0n) is 12.6. The third-order valence-corrected chi connectivity index (χ3v) is 5.47. The van der Waals surface area contributed by atoms with E-state index in [2.05, 4.69) is 5.32 Å². The molecule has 4 aliphatic rings. The van der Waals surface area contributed by atoms with Crippen molar-refractivity contribution < 1.29 is 14.3 Å². The maximum atomic E-state index is 12.7. The Balaban J connectivity index is 1.89. The third kappa shape index (κ3) is 1.98. The molecule has 0 heterocycles. The number of nitrogens with one attached hydrogen (secondary N) is 1. The fraction of sp³-hybridized carbons (Fsp3) is 0.867. The molecule has 0 aromatic heterocycles. The van der Waals surface area contributed by atoms with Crippen molar-refractivity contribution in [1.82, 2.24) is 10.2 Å². The standard InChI is InChI=1S/C15H24N2O3/c1-17(2)12(18)14-5-10-4-11(6-14)8-15(7-10,9-14)16-13(19)20-3/h10-11H,4-9H2,1-3H3,(H,16,19). The highest BCUT2D eigenvalue weighted by atomic mass is 16.5. The van der Waals surface area contributed by atoms with Crippen molar-refractivity contribution in [3.63, 3.8) is 0 Å². The number of rotatable bonds is 2. The molecule has 4 saturated carbocycles. The normalized spacial score (nSPS) is 41.4. The average Bonchev–Trinajstić information content (AvgIpc) is 2.35. The first-order valence-electron chi connectivity index (χ1n) is 7.46. The number of nitrogens with zero attached hydrogens (tertiary/aromatic N) is 1. The van der Waals surface area contributed by atoms with E-state index in [1.165, 1.54) is 13.5 Å². The van der Waals surface area contributed by atoms with Crippen LogP contribution in [0.15, 0.2) is 0 Å². The molecule has 0 saturated heterocycles. The van der Waals surface area contributed by atoms with Gasteiger partial charge in [0.25, 0.3) is 0 Å². The van der Waals surface area contributed by atoms with Crippen LogP contribution < -0.4 is 5.32 Å². The lowest BCUT2D eigenvalue weighted by Gasteiger charge is -2.61. The quantitative estimate of drug-likeness (QED) is 0.838. The van der Waals surface area contributed by atoms with Crippen molar-refractivity contribution in [2.24, 2.45) is 17.3 Å². The van der Waals surface area contributed by atoms with Gasteiger partial charge in [0.2, 0.25) is 5.91 Å². The molecule has 2 unspecified atom stereocenters. The molecule has 5 heteroatoms. The summed E-state index contributed by atoms with van der Waals surface area (Å²) >= 11 is 0. The minimum Gasteiger partial charge on any atom is -0.453 e. The number of hydrogen-bond donors (Lipinski definition) is 1. The molecule has 0 aliphatic heterocycles. The third-order valence-electron chi connectivity index (χ3n) is 5.47. The molecule has 5 nitrogen and oxygen atoms in total. The number of alkyl carbamates (subject to hydrolysis) is 1. The zero-order valence-corrected chi connectivity index (χ0v) is 12.6. The van der Waals surface area contributed by atoms with Gasteiger partial charge in [0, 0.05) is 19.6 Å². The van der Waals surface area contributed by atoms with Gasteiger partial charge in [-0.25, -0.2) is 4.79 Å². The summed E-state index contributed by atoms with van der Waals surface area (Å²) in [6.07, 6.45) is 5.62. The van der Waals surface area contributed by atoms with Crippen LogP contribution in [0.2, 0.25) is 0 Å². The topological polar surface area (TPSA) is 58.6 Å². The van der Waals surface area contributed by atoms with Crippen molar-refractivity contribution in [2.75, 3.05) is 21.2 Å². The van der Waals surface area contributed by atoms with Crippen molar-refractivity contribution >= 4 is 12.0 Å². The first kappa shape index (κ1) is 13.7. The van der Waals surface area contributed by atoms with Crippen LogP contribution in [0.5, 0.6) is 0 Å². The van der Waals surface area contributed by atoms with Crippen LogP contribution in [-0.4, -0.2) is 43.6 Å². The molecule has 4 bridgehead atoms. The smallest absolute Gasteiger partial charge is 0.407 e. The van der Waals surface area contributed by atoms with Crippen molar-refractivity contribution in [2.45, 2.75) is 44.1 Å². The SMILES string of the molecule is COC(=O)NC12CC3CC(C1)CC(C(=O)N(C)C)(C3)C2. The van der Waals surface area contributed by atoms with Gasteiger partial charge in [-0.05, 0) is 50.4 Å². The molecule has 20 heavy (non-hydrogen) atoms. The highest BCUT2D eigenvalue weighted by molar-refractivity contribution is 5.83. The van der Waals surface area contributed by atoms with Crippen LogP contribution in [0.4, 0.5) is 4.79 Å². The highest BCUT2D eigenvalue weighted by Gasteiger charge is 2.61. The first-order valence-corrected chi connectivity index (χ1v) is 7.46. The second kappa shape index (κ2) is 4.37. The van der Waals surface area contributed by atoms with Gasteiger partial charge < -0.3 is 15.0 Å². The summed E-state index contributed by atoms with van der Waals surface area (Å²) in [6, 6.07) is 0. The molecule has 0 aromatic carbocycles. The summed E-state index contributed by atoms with van der Waals surface area (Å²) in [7, 11) is 5.07. The van der Waals surface area contributed by atoms with Gasteiger partial charge in [-0.15, -0.1) is 0 Å². The fourth-order valence-corrected chi connectivity index (χ4v) is 5.40. The lowest BCUT2D eigenvalue weighted by atomic mass is 9.46. The lowest BCUT2D eigenvalue weighted by molar-refractivity contribution is -0.158. The Bertz CT molecular complexity index is 432. The average molecular weight is 280 g/mol. The number of carbonyl (C=O) groups is 2. The molecule has 0 aromatic rings.